The van der Waals surface area contributed by atoms with Crippen molar-refractivity contribution in [1.82, 2.24) is 15.5 Å². The molecule has 1 saturated heterocycles. The van der Waals surface area contributed by atoms with Crippen LogP contribution in [0.15, 0.2) is 18.2 Å². The third kappa shape index (κ3) is 4.16. The Labute approximate surface area is 169 Å². The van der Waals surface area contributed by atoms with Crippen LogP contribution in [0.4, 0.5) is 9.18 Å². The zero-order chi connectivity index (χ0) is 21.2. The fraction of sp³-hybridized carbons (Fsp3) is 0.524. The Hall–Kier alpha value is -2.77. The molecule has 2 unspecified atom stereocenters. The molecule has 1 aliphatic heterocycles. The quantitative estimate of drug-likeness (QED) is 0.562. The van der Waals surface area contributed by atoms with E-state index in [4.69, 9.17) is 0 Å². The van der Waals surface area contributed by atoms with Gasteiger partial charge in [0.25, 0.3) is 5.91 Å². The summed E-state index contributed by atoms with van der Waals surface area (Å²) in [6.45, 7) is 3.20. The van der Waals surface area contributed by atoms with Crippen molar-refractivity contribution in [3.8, 4) is 0 Å². The van der Waals surface area contributed by atoms with E-state index in [2.05, 4.69) is 10.6 Å². The lowest BCUT2D eigenvalue weighted by molar-refractivity contribution is -0.133. The van der Waals surface area contributed by atoms with Crippen LogP contribution >= 0.6 is 0 Å². The van der Waals surface area contributed by atoms with Crippen LogP contribution in [0, 0.1) is 11.7 Å². The minimum atomic E-state index is -0.922. The number of carbonyl (C=O) groups excluding carboxylic acids is 4. The van der Waals surface area contributed by atoms with Gasteiger partial charge in [0, 0.05) is 19.0 Å². The second-order valence-electron chi connectivity index (χ2n) is 7.90. The number of hydrogen-bond donors (Lipinski definition) is 2. The van der Waals surface area contributed by atoms with Crippen molar-refractivity contribution in [3.05, 3.63) is 35.1 Å². The van der Waals surface area contributed by atoms with Crippen LogP contribution in [0.2, 0.25) is 0 Å². The van der Waals surface area contributed by atoms with Gasteiger partial charge in [0.15, 0.2) is 5.78 Å². The van der Waals surface area contributed by atoms with E-state index in [1.807, 2.05) is 6.92 Å². The van der Waals surface area contributed by atoms with E-state index in [-0.39, 0.29) is 23.3 Å². The first-order valence-electron chi connectivity index (χ1n) is 9.95. The first-order valence-corrected chi connectivity index (χ1v) is 9.95. The highest BCUT2D eigenvalue weighted by molar-refractivity contribution is 6.11. The maximum atomic E-state index is 14.3. The number of benzene rings is 1. The van der Waals surface area contributed by atoms with Crippen molar-refractivity contribution >= 4 is 23.6 Å². The van der Waals surface area contributed by atoms with Gasteiger partial charge in [-0.1, -0.05) is 31.9 Å². The zero-order valence-electron chi connectivity index (χ0n) is 16.7. The molecule has 29 heavy (non-hydrogen) atoms. The molecule has 0 aromatic heterocycles. The van der Waals surface area contributed by atoms with Crippen LogP contribution in [0.3, 0.4) is 0 Å². The Balaban J connectivity index is 1.68. The van der Waals surface area contributed by atoms with Gasteiger partial charge in [-0.15, -0.1) is 0 Å². The Morgan fingerprint density at radius 3 is 2.72 bits per heavy atom. The van der Waals surface area contributed by atoms with Crippen molar-refractivity contribution in [2.24, 2.45) is 5.92 Å². The summed E-state index contributed by atoms with van der Waals surface area (Å²) in [6, 6.07) is 3.51. The highest BCUT2D eigenvalue weighted by atomic mass is 19.1. The summed E-state index contributed by atoms with van der Waals surface area (Å²) in [5.74, 6) is -1.61. The van der Waals surface area contributed by atoms with Gasteiger partial charge in [0.2, 0.25) is 5.91 Å². The van der Waals surface area contributed by atoms with Gasteiger partial charge in [-0.05, 0) is 36.8 Å². The summed E-state index contributed by atoms with van der Waals surface area (Å²) in [5, 5.41) is 5.39. The first-order chi connectivity index (χ1) is 13.7. The number of nitrogens with one attached hydrogen (secondary N) is 2. The zero-order valence-corrected chi connectivity index (χ0v) is 16.7. The molecular formula is C21H26FN3O4. The number of imide groups is 1. The summed E-state index contributed by atoms with van der Waals surface area (Å²) in [7, 11) is 0. The summed E-state index contributed by atoms with van der Waals surface area (Å²) >= 11 is 0. The standard InChI is InChI=1S/C21H26FN3O4/c1-13-5-3-4-9-21(13)19(28)25(20(29)24-21)12-18(27)16-7-6-15(17(22)11-16)8-10-23-14(2)26/h6-7,11,13H,3-5,8-10,12H2,1-2H3,(H,23,26)(H,24,29). The summed E-state index contributed by atoms with van der Waals surface area (Å²) in [5.41, 5.74) is -0.446. The minimum Gasteiger partial charge on any atom is -0.356 e. The molecule has 3 rings (SSSR count). The topological polar surface area (TPSA) is 95.6 Å². The number of halogens is 1. The van der Waals surface area contributed by atoms with Crippen LogP contribution in [0.5, 0.6) is 0 Å². The minimum absolute atomic E-state index is 0.00754. The molecule has 156 valence electrons. The third-order valence-electron chi connectivity index (χ3n) is 5.95. The number of amides is 4. The van der Waals surface area contributed by atoms with E-state index in [1.54, 1.807) is 0 Å². The van der Waals surface area contributed by atoms with Gasteiger partial charge in [-0.3, -0.25) is 19.3 Å². The number of Topliss-reactive ketones (excluding diaryl/α,β-unsaturated/α-hetero) is 1. The SMILES string of the molecule is CC(=O)NCCc1ccc(C(=O)CN2C(=O)NC3(CCCCC3C)C2=O)cc1F. The molecule has 2 aliphatic rings. The molecule has 2 N–H and O–H groups in total. The lowest BCUT2D eigenvalue weighted by Gasteiger charge is -2.36. The number of carbonyl (C=O) groups is 4. The van der Waals surface area contributed by atoms with E-state index in [0.717, 1.165) is 30.2 Å². The molecule has 0 radical (unpaired) electrons. The molecule has 8 heteroatoms. The van der Waals surface area contributed by atoms with Crippen molar-refractivity contribution in [2.45, 2.75) is 51.5 Å². The summed E-state index contributed by atoms with van der Waals surface area (Å²) in [4.78, 5) is 49.8. The lowest BCUT2D eigenvalue weighted by Crippen LogP contribution is -2.54. The molecule has 0 bridgehead atoms. The highest BCUT2D eigenvalue weighted by Crippen LogP contribution is 2.38. The second-order valence-corrected chi connectivity index (χ2v) is 7.90. The Morgan fingerprint density at radius 2 is 2.07 bits per heavy atom. The predicted octanol–water partition coefficient (Wildman–Crippen LogP) is 2.19. The Morgan fingerprint density at radius 1 is 1.31 bits per heavy atom. The van der Waals surface area contributed by atoms with Crippen molar-refractivity contribution in [1.29, 1.82) is 0 Å². The highest BCUT2D eigenvalue weighted by Gasteiger charge is 2.55. The first kappa shape index (κ1) is 21.0. The van der Waals surface area contributed by atoms with Gasteiger partial charge in [-0.25, -0.2) is 9.18 Å². The van der Waals surface area contributed by atoms with Crippen LogP contribution in [0.1, 0.15) is 55.5 Å². The summed E-state index contributed by atoms with van der Waals surface area (Å²) in [6.07, 6.45) is 3.58. The van der Waals surface area contributed by atoms with Crippen molar-refractivity contribution in [3.63, 3.8) is 0 Å². The normalized spacial score (nSPS) is 24.0. The largest absolute Gasteiger partial charge is 0.356 e. The van der Waals surface area contributed by atoms with E-state index in [0.29, 0.717) is 24.9 Å². The average molecular weight is 403 g/mol. The van der Waals surface area contributed by atoms with Crippen molar-refractivity contribution in [2.75, 3.05) is 13.1 Å². The van der Waals surface area contributed by atoms with E-state index in [1.165, 1.54) is 19.1 Å². The van der Waals surface area contributed by atoms with E-state index in [9.17, 15) is 23.6 Å². The smallest absolute Gasteiger partial charge is 0.325 e. The van der Waals surface area contributed by atoms with Gasteiger partial charge in [0.1, 0.15) is 11.4 Å². The van der Waals surface area contributed by atoms with Crippen LogP contribution in [0.25, 0.3) is 0 Å². The van der Waals surface area contributed by atoms with E-state index < -0.39 is 29.7 Å². The maximum Gasteiger partial charge on any atom is 0.325 e. The molecule has 1 spiro atoms. The van der Waals surface area contributed by atoms with Gasteiger partial charge < -0.3 is 10.6 Å². The maximum absolute atomic E-state index is 14.3. The molecular weight excluding hydrogens is 377 g/mol. The fourth-order valence-electron chi connectivity index (χ4n) is 4.17. The molecule has 1 aliphatic carbocycles. The number of nitrogens with zero attached hydrogens (tertiary/aromatic N) is 1. The molecule has 4 amide bonds. The molecule has 7 nitrogen and oxygen atoms in total. The van der Waals surface area contributed by atoms with Gasteiger partial charge in [-0.2, -0.15) is 0 Å². The van der Waals surface area contributed by atoms with Gasteiger partial charge >= 0.3 is 6.03 Å². The molecule has 2 atom stereocenters. The number of urea groups is 1. The molecule has 1 aromatic carbocycles. The monoisotopic (exact) mass is 403 g/mol. The molecule has 1 heterocycles. The molecule has 2 fully saturated rings. The molecule has 1 aromatic rings. The number of rotatable bonds is 6. The average Bonchev–Trinajstić information content (AvgIpc) is 2.90. The Kier molecular flexibility index (Phi) is 6.00. The number of hydrogen-bond acceptors (Lipinski definition) is 4. The summed E-state index contributed by atoms with van der Waals surface area (Å²) < 4.78 is 14.3. The lowest BCUT2D eigenvalue weighted by atomic mass is 9.73. The van der Waals surface area contributed by atoms with E-state index >= 15 is 0 Å². The third-order valence-corrected chi connectivity index (χ3v) is 5.95. The predicted molar refractivity (Wildman–Crippen MR) is 104 cm³/mol. The second kappa shape index (κ2) is 8.31. The number of ketones is 1. The molecule has 1 saturated carbocycles. The van der Waals surface area contributed by atoms with Crippen LogP contribution < -0.4 is 10.6 Å². The fourth-order valence-corrected chi connectivity index (χ4v) is 4.17. The van der Waals surface area contributed by atoms with Crippen molar-refractivity contribution < 1.29 is 23.6 Å². The van der Waals surface area contributed by atoms with Crippen LogP contribution in [-0.4, -0.2) is 47.2 Å². The van der Waals surface area contributed by atoms with Gasteiger partial charge in [0.05, 0.1) is 6.54 Å². The Bertz CT molecular complexity index is 856. The van der Waals surface area contributed by atoms with Crippen LogP contribution in [-0.2, 0) is 16.0 Å².